The predicted molar refractivity (Wildman–Crippen MR) is 73.7 cm³/mol. The molecule has 138 valence electrons. The summed E-state index contributed by atoms with van der Waals surface area (Å²) in [4.78, 5) is 10.8. The minimum atomic E-state index is -5.72. The van der Waals surface area contributed by atoms with Crippen LogP contribution in [0.1, 0.15) is 59.8 Å². The lowest BCUT2D eigenvalue weighted by Crippen LogP contribution is -2.60. The van der Waals surface area contributed by atoms with Crippen LogP contribution in [0.2, 0.25) is 0 Å². The van der Waals surface area contributed by atoms with Gasteiger partial charge in [-0.15, -0.1) is 0 Å². The van der Waals surface area contributed by atoms with Crippen LogP contribution in [0.15, 0.2) is 0 Å². The first-order valence-corrected chi connectivity index (χ1v) is 7.56. The molecule has 0 aromatic heterocycles. The van der Waals surface area contributed by atoms with Crippen LogP contribution in [0.3, 0.4) is 0 Å². The fourth-order valence-electron chi connectivity index (χ4n) is 2.43. The van der Waals surface area contributed by atoms with Gasteiger partial charge in [-0.3, -0.25) is 4.79 Å². The molecule has 0 heterocycles. The summed E-state index contributed by atoms with van der Waals surface area (Å²) >= 11 is 0. The molecule has 1 unspecified atom stereocenters. The topological polar surface area (TPSA) is 26.3 Å². The summed E-state index contributed by atoms with van der Waals surface area (Å²) in [7, 11) is 0. The van der Waals surface area contributed by atoms with E-state index in [4.69, 9.17) is 0 Å². The minimum Gasteiger partial charge on any atom is -0.440 e. The number of carbonyl (C=O) groups excluding carboxylic acids is 1. The minimum absolute atomic E-state index is 0.210. The molecule has 0 spiro atoms. The number of hydrogen-bond donors (Lipinski definition) is 0. The van der Waals surface area contributed by atoms with E-state index in [1.54, 1.807) is 0 Å². The monoisotopic (exact) mass is 350 g/mol. The summed E-state index contributed by atoms with van der Waals surface area (Å²) in [6, 6.07) is 0. The van der Waals surface area contributed by atoms with E-state index >= 15 is 0 Å². The molecule has 0 N–H and O–H groups in total. The number of rotatable bonds is 8. The van der Waals surface area contributed by atoms with Crippen LogP contribution in [0.4, 0.5) is 26.3 Å². The third kappa shape index (κ3) is 6.59. The highest BCUT2D eigenvalue weighted by Gasteiger charge is 2.73. The first kappa shape index (κ1) is 22.1. The molecule has 0 aromatic carbocycles. The standard InChI is InChI=1S/C15H24F6O2/c1-10(2)7-5-6-8-11(3)9-13(14(16,17)18,15(19,20)21)23-12(4)22/h10-11H,5-9H2,1-4H3. The maximum atomic E-state index is 13.1. The summed E-state index contributed by atoms with van der Waals surface area (Å²) in [5.41, 5.74) is -4.44. The zero-order chi connectivity index (χ0) is 18.5. The summed E-state index contributed by atoms with van der Waals surface area (Å²) in [5, 5.41) is 0. The van der Waals surface area contributed by atoms with Gasteiger partial charge in [-0.05, 0) is 11.8 Å². The molecule has 2 nitrogen and oxygen atoms in total. The Morgan fingerprint density at radius 3 is 1.70 bits per heavy atom. The molecule has 23 heavy (non-hydrogen) atoms. The molecule has 1 atom stereocenters. The van der Waals surface area contributed by atoms with Gasteiger partial charge >= 0.3 is 23.9 Å². The molecule has 8 heteroatoms. The number of hydrogen-bond acceptors (Lipinski definition) is 2. The van der Waals surface area contributed by atoms with Crippen molar-refractivity contribution in [3.05, 3.63) is 0 Å². The highest BCUT2D eigenvalue weighted by Crippen LogP contribution is 2.50. The molecule has 0 aliphatic rings. The lowest BCUT2D eigenvalue weighted by molar-refractivity contribution is -0.373. The highest BCUT2D eigenvalue weighted by atomic mass is 19.4. The Morgan fingerprint density at radius 1 is 0.913 bits per heavy atom. The fraction of sp³-hybridized carbons (Fsp3) is 0.933. The van der Waals surface area contributed by atoms with Crippen LogP contribution in [-0.4, -0.2) is 23.9 Å². The van der Waals surface area contributed by atoms with Crippen LogP contribution in [-0.2, 0) is 9.53 Å². The SMILES string of the molecule is CC(=O)OC(CC(C)CCCCC(C)C)(C(F)(F)F)C(F)(F)F. The van der Waals surface area contributed by atoms with Crippen molar-refractivity contribution >= 4 is 5.97 Å². The predicted octanol–water partition coefficient (Wildman–Crippen LogP) is 5.66. The Kier molecular flexibility index (Phi) is 7.90. The Labute approximate surface area is 132 Å². The van der Waals surface area contributed by atoms with Crippen molar-refractivity contribution in [1.82, 2.24) is 0 Å². The number of halogens is 6. The molecule has 0 aromatic rings. The molecular weight excluding hydrogens is 326 g/mol. The molecule has 0 bridgehead atoms. The fourth-order valence-corrected chi connectivity index (χ4v) is 2.43. The molecule has 0 aliphatic carbocycles. The van der Waals surface area contributed by atoms with E-state index in [0.717, 1.165) is 12.8 Å². The molecule has 0 aliphatic heterocycles. The molecule has 0 fully saturated rings. The molecule has 0 saturated heterocycles. The van der Waals surface area contributed by atoms with Gasteiger partial charge in [0.1, 0.15) is 0 Å². The maximum absolute atomic E-state index is 13.1. The van der Waals surface area contributed by atoms with Crippen molar-refractivity contribution in [2.75, 3.05) is 0 Å². The smallest absolute Gasteiger partial charge is 0.437 e. The van der Waals surface area contributed by atoms with Gasteiger partial charge in [0.2, 0.25) is 0 Å². The van der Waals surface area contributed by atoms with Gasteiger partial charge in [0.15, 0.2) is 0 Å². The summed E-state index contributed by atoms with van der Waals surface area (Å²) in [6.07, 6.45) is -10.4. The largest absolute Gasteiger partial charge is 0.440 e. The maximum Gasteiger partial charge on any atom is 0.437 e. The Bertz CT molecular complexity index is 359. The quantitative estimate of drug-likeness (QED) is 0.321. The van der Waals surface area contributed by atoms with Gasteiger partial charge in [0.25, 0.3) is 0 Å². The summed E-state index contributed by atoms with van der Waals surface area (Å²) in [5.74, 6) is -2.06. The number of esters is 1. The van der Waals surface area contributed by atoms with Crippen molar-refractivity contribution in [3.8, 4) is 0 Å². The van der Waals surface area contributed by atoms with E-state index in [1.807, 2.05) is 13.8 Å². The third-order valence-electron chi connectivity index (χ3n) is 3.60. The van der Waals surface area contributed by atoms with E-state index in [9.17, 15) is 31.1 Å². The van der Waals surface area contributed by atoms with Gasteiger partial charge in [-0.1, -0.05) is 46.5 Å². The van der Waals surface area contributed by atoms with Crippen LogP contribution in [0, 0.1) is 11.8 Å². The van der Waals surface area contributed by atoms with Gasteiger partial charge < -0.3 is 4.74 Å². The van der Waals surface area contributed by atoms with Gasteiger partial charge in [0.05, 0.1) is 0 Å². The molecule has 0 rings (SSSR count). The van der Waals surface area contributed by atoms with E-state index in [-0.39, 0.29) is 6.42 Å². The van der Waals surface area contributed by atoms with Crippen LogP contribution >= 0.6 is 0 Å². The molecule has 0 saturated carbocycles. The van der Waals surface area contributed by atoms with E-state index < -0.39 is 36.3 Å². The Hall–Kier alpha value is -0.950. The van der Waals surface area contributed by atoms with Crippen LogP contribution in [0.25, 0.3) is 0 Å². The lowest BCUT2D eigenvalue weighted by Gasteiger charge is -2.38. The van der Waals surface area contributed by atoms with Gasteiger partial charge in [-0.25, -0.2) is 0 Å². The van der Waals surface area contributed by atoms with Crippen molar-refractivity contribution in [3.63, 3.8) is 0 Å². The zero-order valence-electron chi connectivity index (χ0n) is 13.8. The Balaban J connectivity index is 5.12. The zero-order valence-corrected chi connectivity index (χ0v) is 13.8. The van der Waals surface area contributed by atoms with Gasteiger partial charge in [0, 0.05) is 13.3 Å². The molecule has 0 radical (unpaired) electrons. The summed E-state index contributed by atoms with van der Waals surface area (Å²) in [6.45, 7) is 5.83. The Morgan fingerprint density at radius 2 is 1.35 bits per heavy atom. The van der Waals surface area contributed by atoms with Crippen molar-refractivity contribution in [1.29, 1.82) is 0 Å². The number of unbranched alkanes of at least 4 members (excludes halogenated alkanes) is 1. The normalized spacial score (nSPS) is 14.9. The van der Waals surface area contributed by atoms with Crippen molar-refractivity contribution in [2.24, 2.45) is 11.8 Å². The van der Waals surface area contributed by atoms with Crippen LogP contribution < -0.4 is 0 Å². The first-order chi connectivity index (χ1) is 10.2. The van der Waals surface area contributed by atoms with E-state index in [1.165, 1.54) is 6.92 Å². The van der Waals surface area contributed by atoms with E-state index in [0.29, 0.717) is 19.3 Å². The van der Waals surface area contributed by atoms with Crippen molar-refractivity contribution in [2.45, 2.75) is 77.8 Å². The third-order valence-corrected chi connectivity index (χ3v) is 3.60. The molecular formula is C15H24F6O2. The molecule has 0 amide bonds. The number of carbonyl (C=O) groups is 1. The average molecular weight is 350 g/mol. The summed E-state index contributed by atoms with van der Waals surface area (Å²) < 4.78 is 82.3. The van der Waals surface area contributed by atoms with E-state index in [2.05, 4.69) is 4.74 Å². The van der Waals surface area contributed by atoms with Crippen molar-refractivity contribution < 1.29 is 35.9 Å². The lowest BCUT2D eigenvalue weighted by atomic mass is 9.86. The second-order valence-electron chi connectivity index (χ2n) is 6.40. The van der Waals surface area contributed by atoms with Crippen LogP contribution in [0.5, 0.6) is 0 Å². The number of ether oxygens (including phenoxy) is 1. The second kappa shape index (κ2) is 8.24. The van der Waals surface area contributed by atoms with Gasteiger partial charge in [-0.2, -0.15) is 26.3 Å². The second-order valence-corrected chi connectivity index (χ2v) is 6.40. The first-order valence-electron chi connectivity index (χ1n) is 7.56. The number of alkyl halides is 6. The highest BCUT2D eigenvalue weighted by molar-refractivity contribution is 5.66. The average Bonchev–Trinajstić information content (AvgIpc) is 2.30.